The van der Waals surface area contributed by atoms with Crippen molar-refractivity contribution in [3.63, 3.8) is 0 Å². The number of thiazole rings is 1. The quantitative estimate of drug-likeness (QED) is 0.506. The summed E-state index contributed by atoms with van der Waals surface area (Å²) in [7, 11) is 3.39. The second kappa shape index (κ2) is 6.97. The zero-order chi connectivity index (χ0) is 18.1. The summed E-state index contributed by atoms with van der Waals surface area (Å²) < 4.78 is 14.2. The minimum absolute atomic E-state index is 0.625. The highest BCUT2D eigenvalue weighted by Crippen LogP contribution is 2.39. The summed E-state index contributed by atoms with van der Waals surface area (Å²) in [6, 6.07) is 14.5. The summed E-state index contributed by atoms with van der Waals surface area (Å²) >= 11 is 1.70. The summed E-state index contributed by atoms with van der Waals surface area (Å²) in [4.78, 5) is 5.90. The van der Waals surface area contributed by atoms with E-state index in [0.29, 0.717) is 13.2 Å². The van der Waals surface area contributed by atoms with Crippen LogP contribution in [0, 0.1) is 6.92 Å². The van der Waals surface area contributed by atoms with Gasteiger partial charge in [0.25, 0.3) is 0 Å². The normalized spacial score (nSPS) is 11.3. The fourth-order valence-electron chi connectivity index (χ4n) is 3.14. The lowest BCUT2D eigenvalue weighted by molar-refractivity contribution is 0.210. The number of anilines is 1. The van der Waals surface area contributed by atoms with E-state index in [1.54, 1.807) is 25.6 Å². The number of hydrogen-bond acceptors (Lipinski definition) is 5. The summed E-state index contributed by atoms with van der Waals surface area (Å²) in [6.45, 7) is 3.44. The number of benzene rings is 2. The van der Waals surface area contributed by atoms with Crippen LogP contribution in [0.5, 0.6) is 5.75 Å². The SMILES string of the molecule is COCCNc1c(-c2ccccc2OC)nc2sc3cc(C)ccc3n12. The van der Waals surface area contributed by atoms with Crippen molar-refractivity contribution in [1.29, 1.82) is 0 Å². The zero-order valence-electron chi connectivity index (χ0n) is 15.1. The molecule has 0 saturated carbocycles. The van der Waals surface area contributed by atoms with Crippen molar-refractivity contribution in [1.82, 2.24) is 9.38 Å². The van der Waals surface area contributed by atoms with E-state index < -0.39 is 0 Å². The maximum atomic E-state index is 5.56. The first-order valence-corrected chi connectivity index (χ1v) is 9.32. The second-order valence-corrected chi connectivity index (χ2v) is 7.13. The molecule has 4 rings (SSSR count). The minimum Gasteiger partial charge on any atom is -0.496 e. The van der Waals surface area contributed by atoms with E-state index in [4.69, 9.17) is 14.5 Å². The molecular formula is C20H21N3O2S. The van der Waals surface area contributed by atoms with Gasteiger partial charge in [-0.25, -0.2) is 4.98 Å². The third-order valence-corrected chi connectivity index (χ3v) is 5.37. The molecule has 2 heterocycles. The van der Waals surface area contributed by atoms with Gasteiger partial charge in [0.1, 0.15) is 17.3 Å². The molecule has 2 aromatic heterocycles. The number of nitrogens with one attached hydrogen (secondary N) is 1. The van der Waals surface area contributed by atoms with Crippen molar-refractivity contribution >= 4 is 32.3 Å². The largest absolute Gasteiger partial charge is 0.496 e. The average Bonchev–Trinajstić information content (AvgIpc) is 3.17. The van der Waals surface area contributed by atoms with Gasteiger partial charge in [-0.05, 0) is 36.8 Å². The van der Waals surface area contributed by atoms with Crippen molar-refractivity contribution in [2.24, 2.45) is 0 Å². The molecule has 0 amide bonds. The lowest BCUT2D eigenvalue weighted by atomic mass is 10.1. The first-order valence-electron chi connectivity index (χ1n) is 8.50. The van der Waals surface area contributed by atoms with Crippen LogP contribution in [0.15, 0.2) is 42.5 Å². The Morgan fingerprint density at radius 3 is 2.81 bits per heavy atom. The third-order valence-electron chi connectivity index (χ3n) is 4.36. The average molecular weight is 367 g/mol. The fraction of sp³-hybridized carbons (Fsp3) is 0.250. The Morgan fingerprint density at radius 2 is 2.00 bits per heavy atom. The summed E-state index contributed by atoms with van der Waals surface area (Å²) in [5, 5.41) is 3.51. The summed E-state index contributed by atoms with van der Waals surface area (Å²) in [5.74, 6) is 1.78. The van der Waals surface area contributed by atoms with E-state index in [1.807, 2.05) is 24.3 Å². The molecule has 0 spiro atoms. The number of nitrogens with zero attached hydrogens (tertiary/aromatic N) is 2. The molecule has 0 atom stereocenters. The fourth-order valence-corrected chi connectivity index (χ4v) is 4.26. The number of fused-ring (bicyclic) bond motifs is 3. The van der Waals surface area contributed by atoms with Crippen molar-refractivity contribution in [3.05, 3.63) is 48.0 Å². The Bertz CT molecular complexity index is 1070. The highest BCUT2D eigenvalue weighted by molar-refractivity contribution is 7.23. The molecular weight excluding hydrogens is 346 g/mol. The molecule has 1 N–H and O–H groups in total. The number of hydrogen-bond donors (Lipinski definition) is 1. The maximum Gasteiger partial charge on any atom is 0.197 e. The van der Waals surface area contributed by atoms with Crippen LogP contribution in [-0.4, -0.2) is 36.8 Å². The molecule has 4 aromatic rings. The van der Waals surface area contributed by atoms with Gasteiger partial charge < -0.3 is 14.8 Å². The molecule has 0 radical (unpaired) electrons. The number of aryl methyl sites for hydroxylation is 1. The van der Waals surface area contributed by atoms with Gasteiger partial charge >= 0.3 is 0 Å². The van der Waals surface area contributed by atoms with Gasteiger partial charge in [0, 0.05) is 19.2 Å². The van der Waals surface area contributed by atoms with Crippen molar-refractivity contribution in [2.45, 2.75) is 6.92 Å². The zero-order valence-corrected chi connectivity index (χ0v) is 15.9. The van der Waals surface area contributed by atoms with Gasteiger partial charge in [-0.2, -0.15) is 0 Å². The Balaban J connectivity index is 1.95. The predicted molar refractivity (Wildman–Crippen MR) is 108 cm³/mol. The highest BCUT2D eigenvalue weighted by atomic mass is 32.1. The molecule has 0 aliphatic carbocycles. The number of ether oxygens (including phenoxy) is 2. The molecule has 2 aromatic carbocycles. The third kappa shape index (κ3) is 2.81. The molecule has 5 nitrogen and oxygen atoms in total. The summed E-state index contributed by atoms with van der Waals surface area (Å²) in [6.07, 6.45) is 0. The first kappa shape index (κ1) is 16.9. The monoisotopic (exact) mass is 367 g/mol. The van der Waals surface area contributed by atoms with Crippen LogP contribution in [0.25, 0.3) is 26.4 Å². The van der Waals surface area contributed by atoms with Crippen LogP contribution in [0.1, 0.15) is 5.56 Å². The maximum absolute atomic E-state index is 5.56. The van der Waals surface area contributed by atoms with Crippen LogP contribution >= 0.6 is 11.3 Å². The minimum atomic E-state index is 0.625. The molecule has 6 heteroatoms. The lowest BCUT2D eigenvalue weighted by Crippen LogP contribution is -2.10. The van der Waals surface area contributed by atoms with E-state index in [1.165, 1.54) is 10.3 Å². The van der Waals surface area contributed by atoms with Crippen LogP contribution in [0.2, 0.25) is 0 Å². The Kier molecular flexibility index (Phi) is 4.53. The number of aromatic nitrogens is 2. The second-order valence-electron chi connectivity index (χ2n) is 6.12. The van der Waals surface area contributed by atoms with Gasteiger partial charge in [-0.3, -0.25) is 4.40 Å². The van der Waals surface area contributed by atoms with Gasteiger partial charge in [-0.1, -0.05) is 29.5 Å². The summed E-state index contributed by atoms with van der Waals surface area (Å²) in [5.41, 5.74) is 4.28. The van der Waals surface area contributed by atoms with Crippen molar-refractivity contribution < 1.29 is 9.47 Å². The van der Waals surface area contributed by atoms with E-state index in [0.717, 1.165) is 33.3 Å². The van der Waals surface area contributed by atoms with Crippen LogP contribution in [0.4, 0.5) is 5.82 Å². The topological polar surface area (TPSA) is 47.8 Å². The first-order chi connectivity index (χ1) is 12.7. The van der Waals surface area contributed by atoms with Crippen LogP contribution < -0.4 is 10.1 Å². The van der Waals surface area contributed by atoms with Gasteiger partial charge in [-0.15, -0.1) is 0 Å². The number of rotatable bonds is 6. The molecule has 134 valence electrons. The van der Waals surface area contributed by atoms with Crippen molar-refractivity contribution in [2.75, 3.05) is 32.7 Å². The predicted octanol–water partition coefficient (Wildman–Crippen LogP) is 4.59. The highest BCUT2D eigenvalue weighted by Gasteiger charge is 2.20. The molecule has 0 fully saturated rings. The Hall–Kier alpha value is -2.57. The van der Waals surface area contributed by atoms with Crippen LogP contribution in [-0.2, 0) is 4.74 Å². The molecule has 0 bridgehead atoms. The standard InChI is InChI=1S/C20H21N3O2S/c1-13-8-9-15-17(12-13)26-20-22-18(14-6-4-5-7-16(14)25-3)19(23(15)20)21-10-11-24-2/h4-9,12,21H,10-11H2,1-3H3. The van der Waals surface area contributed by atoms with Gasteiger partial charge in [0.2, 0.25) is 0 Å². The molecule has 0 aliphatic heterocycles. The van der Waals surface area contributed by atoms with E-state index in [-0.39, 0.29) is 0 Å². The number of methoxy groups -OCH3 is 2. The van der Waals surface area contributed by atoms with E-state index in [2.05, 4.69) is 34.8 Å². The smallest absolute Gasteiger partial charge is 0.197 e. The van der Waals surface area contributed by atoms with E-state index in [9.17, 15) is 0 Å². The Labute approximate surface area is 156 Å². The van der Waals surface area contributed by atoms with Gasteiger partial charge in [0.15, 0.2) is 4.96 Å². The van der Waals surface area contributed by atoms with Gasteiger partial charge in [0.05, 0.1) is 23.9 Å². The molecule has 0 unspecified atom stereocenters. The Morgan fingerprint density at radius 1 is 1.15 bits per heavy atom. The lowest BCUT2D eigenvalue weighted by Gasteiger charge is -2.11. The number of para-hydroxylation sites is 1. The molecule has 0 aliphatic rings. The van der Waals surface area contributed by atoms with E-state index >= 15 is 0 Å². The van der Waals surface area contributed by atoms with Crippen molar-refractivity contribution in [3.8, 4) is 17.0 Å². The molecule has 26 heavy (non-hydrogen) atoms. The number of imidazole rings is 1. The van der Waals surface area contributed by atoms with Crippen LogP contribution in [0.3, 0.4) is 0 Å². The molecule has 0 saturated heterocycles.